The highest BCUT2D eigenvalue weighted by atomic mass is 32.2. The van der Waals surface area contributed by atoms with E-state index in [1.54, 1.807) is 47.4 Å². The number of carbonyl (C=O) groups is 1. The van der Waals surface area contributed by atoms with Crippen molar-refractivity contribution >= 4 is 15.9 Å². The van der Waals surface area contributed by atoms with E-state index in [0.717, 1.165) is 11.3 Å². The number of primary sulfonamides is 1. The van der Waals surface area contributed by atoms with Crippen LogP contribution in [0.2, 0.25) is 0 Å². The van der Waals surface area contributed by atoms with Crippen molar-refractivity contribution in [2.75, 3.05) is 6.54 Å². The summed E-state index contributed by atoms with van der Waals surface area (Å²) in [6.07, 6.45) is 3.60. The Morgan fingerprint density at radius 1 is 1.08 bits per heavy atom. The highest BCUT2D eigenvalue weighted by Crippen LogP contribution is 2.10. The van der Waals surface area contributed by atoms with Crippen molar-refractivity contribution in [2.24, 2.45) is 5.14 Å². The molecule has 0 unspecified atom stereocenters. The largest absolute Gasteiger partial charge is 0.352 e. The Kier molecular flexibility index (Phi) is 5.10. The van der Waals surface area contributed by atoms with Crippen molar-refractivity contribution < 1.29 is 13.2 Å². The van der Waals surface area contributed by atoms with E-state index in [4.69, 9.17) is 5.14 Å². The molecule has 0 radical (unpaired) electrons. The number of aromatic nitrogens is 3. The maximum Gasteiger partial charge on any atom is 0.251 e. The van der Waals surface area contributed by atoms with Crippen LogP contribution in [0.5, 0.6) is 0 Å². The van der Waals surface area contributed by atoms with E-state index in [-0.39, 0.29) is 10.8 Å². The summed E-state index contributed by atoms with van der Waals surface area (Å²) in [5.41, 5.74) is 2.26. The number of hydrogen-bond donors (Lipinski definition) is 2. The van der Waals surface area contributed by atoms with Gasteiger partial charge in [-0.2, -0.15) is 5.10 Å². The molecule has 26 heavy (non-hydrogen) atoms. The molecule has 9 heteroatoms. The van der Waals surface area contributed by atoms with Crippen molar-refractivity contribution in [1.82, 2.24) is 20.1 Å². The molecule has 8 nitrogen and oxygen atoms in total. The predicted molar refractivity (Wildman–Crippen MR) is 95.2 cm³/mol. The molecule has 2 aromatic carbocycles. The molecule has 3 rings (SSSR count). The fourth-order valence-electron chi connectivity index (χ4n) is 2.38. The molecular weight excluding hydrogens is 354 g/mol. The van der Waals surface area contributed by atoms with Crippen molar-refractivity contribution in [2.45, 2.75) is 11.3 Å². The Morgan fingerprint density at radius 2 is 1.77 bits per heavy atom. The maximum absolute atomic E-state index is 12.2. The molecular formula is C17H17N5O3S. The first-order valence-corrected chi connectivity index (χ1v) is 9.33. The summed E-state index contributed by atoms with van der Waals surface area (Å²) in [4.78, 5) is 16.1. The number of benzene rings is 2. The standard InChI is InChI=1S/C17H17N5O3S/c18-26(24,25)16-7-1-13(2-8-16)9-10-20-17(23)14-3-5-15(6-4-14)22-12-19-11-21-22/h1-8,11-12H,9-10H2,(H,20,23)(H2,18,24,25). The van der Waals surface area contributed by atoms with Gasteiger partial charge in [0.1, 0.15) is 12.7 Å². The lowest BCUT2D eigenvalue weighted by molar-refractivity contribution is 0.0954. The fraction of sp³-hybridized carbons (Fsp3) is 0.118. The van der Waals surface area contributed by atoms with E-state index in [1.165, 1.54) is 18.5 Å². The van der Waals surface area contributed by atoms with Crippen molar-refractivity contribution in [3.63, 3.8) is 0 Å². The minimum Gasteiger partial charge on any atom is -0.352 e. The monoisotopic (exact) mass is 371 g/mol. The molecule has 0 fully saturated rings. The zero-order valence-corrected chi connectivity index (χ0v) is 14.6. The molecule has 1 aromatic heterocycles. The van der Waals surface area contributed by atoms with E-state index in [0.29, 0.717) is 18.5 Å². The van der Waals surface area contributed by atoms with Crippen LogP contribution in [-0.4, -0.2) is 35.6 Å². The molecule has 3 aromatic rings. The molecule has 0 aliphatic heterocycles. The molecule has 1 heterocycles. The van der Waals surface area contributed by atoms with Crippen LogP contribution < -0.4 is 10.5 Å². The molecule has 0 saturated heterocycles. The Bertz CT molecular complexity index is 982. The summed E-state index contributed by atoms with van der Waals surface area (Å²) in [6.45, 7) is 0.429. The molecule has 0 atom stereocenters. The van der Waals surface area contributed by atoms with Crippen LogP contribution in [0.3, 0.4) is 0 Å². The van der Waals surface area contributed by atoms with E-state index < -0.39 is 10.0 Å². The Balaban J connectivity index is 1.54. The minimum absolute atomic E-state index is 0.0674. The number of hydrogen-bond acceptors (Lipinski definition) is 5. The van der Waals surface area contributed by atoms with Crippen molar-refractivity contribution in [3.05, 3.63) is 72.3 Å². The van der Waals surface area contributed by atoms with Gasteiger partial charge in [0, 0.05) is 12.1 Å². The van der Waals surface area contributed by atoms with Crippen LogP contribution in [-0.2, 0) is 16.4 Å². The third-order valence-electron chi connectivity index (χ3n) is 3.76. The first kappa shape index (κ1) is 17.8. The molecule has 3 N–H and O–H groups in total. The quantitative estimate of drug-likeness (QED) is 0.667. The van der Waals surface area contributed by atoms with E-state index in [2.05, 4.69) is 15.4 Å². The number of sulfonamides is 1. The third kappa shape index (κ3) is 4.32. The lowest BCUT2D eigenvalue weighted by Gasteiger charge is -2.07. The van der Waals surface area contributed by atoms with Crippen LogP contribution in [0.1, 0.15) is 15.9 Å². The van der Waals surface area contributed by atoms with Gasteiger partial charge in [-0.1, -0.05) is 12.1 Å². The molecule has 134 valence electrons. The van der Waals surface area contributed by atoms with Crippen LogP contribution in [0.25, 0.3) is 5.69 Å². The Hall–Kier alpha value is -3.04. The highest BCUT2D eigenvalue weighted by Gasteiger charge is 2.08. The SMILES string of the molecule is NS(=O)(=O)c1ccc(CCNC(=O)c2ccc(-n3cncn3)cc2)cc1. The topological polar surface area (TPSA) is 120 Å². The number of nitrogens with two attached hydrogens (primary N) is 1. The number of amides is 1. The second kappa shape index (κ2) is 7.46. The van der Waals surface area contributed by atoms with Gasteiger partial charge in [0.05, 0.1) is 10.6 Å². The number of carbonyl (C=O) groups excluding carboxylic acids is 1. The van der Waals surface area contributed by atoms with Crippen LogP contribution >= 0.6 is 0 Å². The second-order valence-corrected chi connectivity index (χ2v) is 7.14. The summed E-state index contributed by atoms with van der Waals surface area (Å²) in [5, 5.41) is 11.9. The normalized spacial score (nSPS) is 11.3. The van der Waals surface area contributed by atoms with E-state index in [9.17, 15) is 13.2 Å². The van der Waals surface area contributed by atoms with Gasteiger partial charge in [-0.15, -0.1) is 0 Å². The summed E-state index contributed by atoms with van der Waals surface area (Å²) >= 11 is 0. The van der Waals surface area contributed by atoms with Crippen molar-refractivity contribution in [3.8, 4) is 5.69 Å². The molecule has 0 bridgehead atoms. The van der Waals surface area contributed by atoms with Crippen LogP contribution in [0, 0.1) is 0 Å². The molecule has 1 amide bonds. The summed E-state index contributed by atoms with van der Waals surface area (Å²) in [6, 6.07) is 13.3. The highest BCUT2D eigenvalue weighted by molar-refractivity contribution is 7.89. The Morgan fingerprint density at radius 3 is 2.35 bits per heavy atom. The predicted octanol–water partition coefficient (Wildman–Crippen LogP) is 0.887. The first-order chi connectivity index (χ1) is 12.4. The maximum atomic E-state index is 12.2. The van der Waals surface area contributed by atoms with Crippen LogP contribution in [0.4, 0.5) is 0 Å². The van der Waals surface area contributed by atoms with Gasteiger partial charge < -0.3 is 5.32 Å². The van der Waals surface area contributed by atoms with E-state index in [1.807, 2.05) is 0 Å². The number of nitrogens with one attached hydrogen (secondary N) is 1. The van der Waals surface area contributed by atoms with E-state index >= 15 is 0 Å². The molecule has 0 spiro atoms. The molecule has 0 saturated carbocycles. The lowest BCUT2D eigenvalue weighted by atomic mass is 10.1. The second-order valence-electron chi connectivity index (χ2n) is 5.58. The third-order valence-corrected chi connectivity index (χ3v) is 4.69. The smallest absolute Gasteiger partial charge is 0.251 e. The van der Waals surface area contributed by atoms with Gasteiger partial charge >= 0.3 is 0 Å². The van der Waals surface area contributed by atoms with Crippen LogP contribution in [0.15, 0.2) is 66.1 Å². The average molecular weight is 371 g/mol. The number of rotatable bonds is 6. The van der Waals surface area contributed by atoms with Gasteiger partial charge in [-0.05, 0) is 48.4 Å². The first-order valence-electron chi connectivity index (χ1n) is 7.78. The zero-order valence-electron chi connectivity index (χ0n) is 13.7. The van der Waals surface area contributed by atoms with Crippen molar-refractivity contribution in [1.29, 1.82) is 0 Å². The molecule has 0 aliphatic rings. The van der Waals surface area contributed by atoms with Gasteiger partial charge in [0.15, 0.2) is 0 Å². The lowest BCUT2D eigenvalue weighted by Crippen LogP contribution is -2.25. The van der Waals surface area contributed by atoms with Gasteiger partial charge in [0.25, 0.3) is 5.91 Å². The minimum atomic E-state index is -3.69. The van der Waals surface area contributed by atoms with Gasteiger partial charge in [-0.3, -0.25) is 4.79 Å². The average Bonchev–Trinajstić information content (AvgIpc) is 3.16. The summed E-state index contributed by atoms with van der Waals surface area (Å²) in [7, 11) is -3.69. The summed E-state index contributed by atoms with van der Waals surface area (Å²) in [5.74, 6) is -0.184. The summed E-state index contributed by atoms with van der Waals surface area (Å²) < 4.78 is 24.0. The number of nitrogens with zero attached hydrogens (tertiary/aromatic N) is 3. The van der Waals surface area contributed by atoms with Gasteiger partial charge in [-0.25, -0.2) is 23.2 Å². The van der Waals surface area contributed by atoms with Gasteiger partial charge in [0.2, 0.25) is 10.0 Å². The fourth-order valence-corrected chi connectivity index (χ4v) is 2.89. The molecule has 0 aliphatic carbocycles. The zero-order chi connectivity index (χ0) is 18.6. The Labute approximate surface area is 150 Å².